The molecule has 2 heterocycles. The van der Waals surface area contributed by atoms with Crippen molar-refractivity contribution >= 4 is 9.84 Å². The number of sulfone groups is 1. The van der Waals surface area contributed by atoms with Crippen LogP contribution in [0.4, 0.5) is 0 Å². The first-order valence-corrected chi connectivity index (χ1v) is 7.29. The number of rotatable bonds is 4. The van der Waals surface area contributed by atoms with Crippen molar-refractivity contribution in [3.05, 3.63) is 17.7 Å². The fourth-order valence-electron chi connectivity index (χ4n) is 1.99. The molecule has 2 rings (SSSR count). The molecule has 0 aliphatic carbocycles. The molecule has 2 N–H and O–H groups in total. The predicted octanol–water partition coefficient (Wildman–Crippen LogP) is 0.242. The van der Waals surface area contributed by atoms with E-state index in [1.165, 1.54) is 0 Å². The lowest BCUT2D eigenvalue weighted by atomic mass is 10.1. The zero-order valence-corrected chi connectivity index (χ0v) is 10.2. The number of aromatic nitrogens is 2. The SMILES string of the molecule is Cc1[nH]cnc1CNCC1CCS(=O)(=O)C1. The lowest BCUT2D eigenvalue weighted by Gasteiger charge is -2.08. The van der Waals surface area contributed by atoms with Gasteiger partial charge in [-0.05, 0) is 25.8 Å². The molecule has 1 atom stereocenters. The van der Waals surface area contributed by atoms with Crippen LogP contribution in [0, 0.1) is 12.8 Å². The summed E-state index contributed by atoms with van der Waals surface area (Å²) in [6.07, 6.45) is 2.46. The molecule has 0 amide bonds. The number of aromatic amines is 1. The Labute approximate surface area is 95.6 Å². The normalized spacial score (nSPS) is 23.7. The topological polar surface area (TPSA) is 74.8 Å². The summed E-state index contributed by atoms with van der Waals surface area (Å²) < 4.78 is 22.5. The summed E-state index contributed by atoms with van der Waals surface area (Å²) in [4.78, 5) is 7.19. The van der Waals surface area contributed by atoms with Crippen LogP contribution in [0.25, 0.3) is 0 Å². The molecule has 6 heteroatoms. The second-order valence-corrected chi connectivity index (χ2v) is 6.60. The molecule has 1 aromatic rings. The van der Waals surface area contributed by atoms with Crippen molar-refractivity contribution in [3.8, 4) is 0 Å². The van der Waals surface area contributed by atoms with E-state index >= 15 is 0 Å². The number of nitrogens with zero attached hydrogens (tertiary/aromatic N) is 1. The molecule has 0 aromatic carbocycles. The second kappa shape index (κ2) is 4.55. The zero-order chi connectivity index (χ0) is 11.6. The molecule has 5 nitrogen and oxygen atoms in total. The standard InChI is InChI=1S/C10H17N3O2S/c1-8-10(13-7-12-8)5-11-4-9-2-3-16(14,15)6-9/h7,9,11H,2-6H2,1H3,(H,12,13). The van der Waals surface area contributed by atoms with Crippen LogP contribution in [0.5, 0.6) is 0 Å². The highest BCUT2D eigenvalue weighted by Gasteiger charge is 2.27. The van der Waals surface area contributed by atoms with Crippen LogP contribution in [-0.4, -0.2) is 36.4 Å². The van der Waals surface area contributed by atoms with E-state index in [9.17, 15) is 8.42 Å². The van der Waals surface area contributed by atoms with Gasteiger partial charge in [-0.3, -0.25) is 0 Å². The number of aryl methyl sites for hydroxylation is 1. The Balaban J connectivity index is 1.75. The van der Waals surface area contributed by atoms with Gasteiger partial charge >= 0.3 is 0 Å². The first-order valence-electron chi connectivity index (χ1n) is 5.47. The zero-order valence-electron chi connectivity index (χ0n) is 9.36. The largest absolute Gasteiger partial charge is 0.348 e. The molecule has 0 bridgehead atoms. The van der Waals surface area contributed by atoms with Gasteiger partial charge in [-0.1, -0.05) is 0 Å². The number of imidazole rings is 1. The molecule has 1 aliphatic heterocycles. The van der Waals surface area contributed by atoms with E-state index in [1.54, 1.807) is 6.33 Å². The monoisotopic (exact) mass is 243 g/mol. The molecule has 0 saturated carbocycles. The van der Waals surface area contributed by atoms with E-state index < -0.39 is 9.84 Å². The summed E-state index contributed by atoms with van der Waals surface area (Å²) in [5.41, 5.74) is 2.06. The third-order valence-corrected chi connectivity index (χ3v) is 4.82. The molecular formula is C10H17N3O2S. The average molecular weight is 243 g/mol. The van der Waals surface area contributed by atoms with Gasteiger partial charge in [0.1, 0.15) is 0 Å². The fourth-order valence-corrected chi connectivity index (χ4v) is 3.85. The molecule has 1 aromatic heterocycles. The molecule has 1 fully saturated rings. The average Bonchev–Trinajstić information content (AvgIpc) is 2.74. The number of nitrogens with one attached hydrogen (secondary N) is 2. The van der Waals surface area contributed by atoms with E-state index in [4.69, 9.17) is 0 Å². The summed E-state index contributed by atoms with van der Waals surface area (Å²) >= 11 is 0. The molecule has 1 saturated heterocycles. The molecule has 16 heavy (non-hydrogen) atoms. The van der Waals surface area contributed by atoms with Gasteiger partial charge in [0, 0.05) is 12.2 Å². The smallest absolute Gasteiger partial charge is 0.150 e. The van der Waals surface area contributed by atoms with Crippen molar-refractivity contribution in [2.75, 3.05) is 18.1 Å². The Kier molecular flexibility index (Phi) is 3.30. The highest BCUT2D eigenvalue weighted by atomic mass is 32.2. The van der Waals surface area contributed by atoms with E-state index in [1.807, 2.05) is 6.92 Å². The summed E-state index contributed by atoms with van der Waals surface area (Å²) in [6.45, 7) is 3.43. The highest BCUT2D eigenvalue weighted by Crippen LogP contribution is 2.17. The number of H-pyrrole nitrogens is 1. The van der Waals surface area contributed by atoms with Gasteiger partial charge in [-0.15, -0.1) is 0 Å². The maximum Gasteiger partial charge on any atom is 0.150 e. The Bertz CT molecular complexity index is 452. The first kappa shape index (κ1) is 11.6. The van der Waals surface area contributed by atoms with Crippen molar-refractivity contribution in [2.45, 2.75) is 19.9 Å². The molecule has 1 unspecified atom stereocenters. The minimum atomic E-state index is -2.75. The minimum absolute atomic E-state index is 0.268. The van der Waals surface area contributed by atoms with Gasteiger partial charge in [0.25, 0.3) is 0 Å². The van der Waals surface area contributed by atoms with Crippen LogP contribution in [0.2, 0.25) is 0 Å². The van der Waals surface area contributed by atoms with Gasteiger partial charge in [0.05, 0.1) is 23.5 Å². The van der Waals surface area contributed by atoms with Gasteiger partial charge in [0.15, 0.2) is 9.84 Å². The third kappa shape index (κ3) is 2.82. The number of hydrogen-bond donors (Lipinski definition) is 2. The van der Waals surface area contributed by atoms with E-state index in [-0.39, 0.29) is 5.92 Å². The maximum atomic E-state index is 11.2. The molecule has 1 aliphatic rings. The molecule has 0 spiro atoms. The van der Waals surface area contributed by atoms with E-state index in [0.29, 0.717) is 18.1 Å². The van der Waals surface area contributed by atoms with Crippen molar-refractivity contribution in [2.24, 2.45) is 5.92 Å². The lowest BCUT2D eigenvalue weighted by molar-refractivity contribution is 0.517. The van der Waals surface area contributed by atoms with Gasteiger partial charge in [-0.2, -0.15) is 0 Å². The Morgan fingerprint density at radius 2 is 2.44 bits per heavy atom. The van der Waals surface area contributed by atoms with Gasteiger partial charge < -0.3 is 10.3 Å². The number of hydrogen-bond acceptors (Lipinski definition) is 4. The van der Waals surface area contributed by atoms with Crippen molar-refractivity contribution in [3.63, 3.8) is 0 Å². The Morgan fingerprint density at radius 3 is 3.00 bits per heavy atom. The summed E-state index contributed by atoms with van der Waals surface area (Å²) in [6, 6.07) is 0. The molecule has 0 radical (unpaired) electrons. The molecular weight excluding hydrogens is 226 g/mol. The predicted molar refractivity (Wildman–Crippen MR) is 61.8 cm³/mol. The third-order valence-electron chi connectivity index (χ3n) is 2.99. The van der Waals surface area contributed by atoms with Gasteiger partial charge in [0.2, 0.25) is 0 Å². The summed E-state index contributed by atoms with van der Waals surface area (Å²) in [5, 5.41) is 3.26. The summed E-state index contributed by atoms with van der Waals surface area (Å²) in [5.74, 6) is 0.949. The Hall–Kier alpha value is -0.880. The maximum absolute atomic E-state index is 11.2. The quantitative estimate of drug-likeness (QED) is 0.794. The van der Waals surface area contributed by atoms with Crippen LogP contribution in [0.1, 0.15) is 17.8 Å². The second-order valence-electron chi connectivity index (χ2n) is 4.37. The first-order chi connectivity index (χ1) is 7.57. The van der Waals surface area contributed by atoms with Crippen molar-refractivity contribution < 1.29 is 8.42 Å². The van der Waals surface area contributed by atoms with Crippen molar-refractivity contribution in [1.29, 1.82) is 0 Å². The van der Waals surface area contributed by atoms with E-state index in [2.05, 4.69) is 15.3 Å². The highest BCUT2D eigenvalue weighted by molar-refractivity contribution is 7.91. The van der Waals surface area contributed by atoms with Crippen LogP contribution in [0.15, 0.2) is 6.33 Å². The van der Waals surface area contributed by atoms with Crippen LogP contribution in [0.3, 0.4) is 0 Å². The molecule has 90 valence electrons. The van der Waals surface area contributed by atoms with Gasteiger partial charge in [-0.25, -0.2) is 13.4 Å². The van der Waals surface area contributed by atoms with Crippen LogP contribution < -0.4 is 5.32 Å². The minimum Gasteiger partial charge on any atom is -0.348 e. The summed E-state index contributed by atoms with van der Waals surface area (Å²) in [7, 11) is -2.75. The lowest BCUT2D eigenvalue weighted by Crippen LogP contribution is -2.23. The Morgan fingerprint density at radius 1 is 1.62 bits per heavy atom. The van der Waals surface area contributed by atoms with Crippen molar-refractivity contribution in [1.82, 2.24) is 15.3 Å². The van der Waals surface area contributed by atoms with Crippen LogP contribution >= 0.6 is 0 Å². The fraction of sp³-hybridized carbons (Fsp3) is 0.700. The van der Waals surface area contributed by atoms with Crippen LogP contribution in [-0.2, 0) is 16.4 Å². The van der Waals surface area contributed by atoms with E-state index in [0.717, 1.165) is 24.4 Å².